The monoisotopic (exact) mass is 214 g/mol. The lowest BCUT2D eigenvalue weighted by Gasteiger charge is -2.12. The molecule has 0 bridgehead atoms. The van der Waals surface area contributed by atoms with Crippen molar-refractivity contribution in [1.29, 1.82) is 0 Å². The fourth-order valence-corrected chi connectivity index (χ4v) is 1.82. The van der Waals surface area contributed by atoms with Crippen molar-refractivity contribution in [3.05, 3.63) is 71.0 Å². The van der Waals surface area contributed by atoms with E-state index in [1.807, 2.05) is 6.07 Å². The second-order valence-electron chi connectivity index (χ2n) is 4.19. The second-order valence-corrected chi connectivity index (χ2v) is 4.19. The number of benzene rings is 2. The summed E-state index contributed by atoms with van der Waals surface area (Å²) < 4.78 is 13.1. The van der Waals surface area contributed by atoms with Crippen LogP contribution in [-0.4, -0.2) is 0 Å². The quantitative estimate of drug-likeness (QED) is 0.699. The fraction of sp³-hybridized carbons (Fsp3) is 0.200. The SMILES string of the molecule is Cc1ccc(C(C)c2cccc(F)c2)cc1. The van der Waals surface area contributed by atoms with E-state index < -0.39 is 0 Å². The van der Waals surface area contributed by atoms with Gasteiger partial charge in [-0.15, -0.1) is 0 Å². The molecule has 0 radical (unpaired) electrons. The normalized spacial score (nSPS) is 12.4. The van der Waals surface area contributed by atoms with E-state index in [4.69, 9.17) is 0 Å². The Balaban J connectivity index is 2.31. The summed E-state index contributed by atoms with van der Waals surface area (Å²) in [5, 5.41) is 0. The molecule has 0 aliphatic rings. The molecule has 0 saturated carbocycles. The van der Waals surface area contributed by atoms with Crippen LogP contribution in [0.1, 0.15) is 29.5 Å². The molecular weight excluding hydrogens is 199 g/mol. The molecule has 2 aromatic rings. The van der Waals surface area contributed by atoms with Gasteiger partial charge in [0.2, 0.25) is 0 Å². The third-order valence-corrected chi connectivity index (χ3v) is 2.93. The van der Waals surface area contributed by atoms with Gasteiger partial charge in [-0.05, 0) is 30.2 Å². The van der Waals surface area contributed by atoms with Crippen molar-refractivity contribution in [2.45, 2.75) is 19.8 Å². The Kier molecular flexibility index (Phi) is 3.04. The first-order valence-electron chi connectivity index (χ1n) is 5.49. The van der Waals surface area contributed by atoms with E-state index in [9.17, 15) is 4.39 Å². The number of rotatable bonds is 2. The first-order chi connectivity index (χ1) is 7.66. The van der Waals surface area contributed by atoms with Crippen molar-refractivity contribution in [1.82, 2.24) is 0 Å². The van der Waals surface area contributed by atoms with E-state index in [-0.39, 0.29) is 11.7 Å². The van der Waals surface area contributed by atoms with Crippen LogP contribution in [0.3, 0.4) is 0 Å². The molecule has 0 nitrogen and oxygen atoms in total. The maximum atomic E-state index is 13.1. The van der Waals surface area contributed by atoms with E-state index in [1.54, 1.807) is 12.1 Å². The molecular formula is C15H15F. The molecule has 1 atom stereocenters. The van der Waals surface area contributed by atoms with Gasteiger partial charge in [-0.2, -0.15) is 0 Å². The zero-order valence-corrected chi connectivity index (χ0v) is 9.57. The van der Waals surface area contributed by atoms with E-state index in [0.29, 0.717) is 0 Å². The standard InChI is InChI=1S/C15H15F/c1-11-6-8-13(9-7-11)12(2)14-4-3-5-15(16)10-14/h3-10,12H,1-2H3. The van der Waals surface area contributed by atoms with Crippen molar-refractivity contribution < 1.29 is 4.39 Å². The van der Waals surface area contributed by atoms with Gasteiger partial charge in [0.1, 0.15) is 5.82 Å². The summed E-state index contributed by atoms with van der Waals surface area (Å²) in [6.07, 6.45) is 0. The van der Waals surface area contributed by atoms with Crippen molar-refractivity contribution in [3.63, 3.8) is 0 Å². The van der Waals surface area contributed by atoms with Crippen LogP contribution in [-0.2, 0) is 0 Å². The molecule has 0 N–H and O–H groups in total. The van der Waals surface area contributed by atoms with Crippen molar-refractivity contribution in [2.75, 3.05) is 0 Å². The van der Waals surface area contributed by atoms with Crippen LogP contribution in [0.25, 0.3) is 0 Å². The highest BCUT2D eigenvalue weighted by Crippen LogP contribution is 2.24. The van der Waals surface area contributed by atoms with Crippen LogP contribution in [0.2, 0.25) is 0 Å². The molecule has 0 fully saturated rings. The van der Waals surface area contributed by atoms with Crippen molar-refractivity contribution in [2.24, 2.45) is 0 Å². The summed E-state index contributed by atoms with van der Waals surface area (Å²) >= 11 is 0. The highest BCUT2D eigenvalue weighted by atomic mass is 19.1. The number of aryl methyl sites for hydroxylation is 1. The topological polar surface area (TPSA) is 0 Å². The maximum Gasteiger partial charge on any atom is 0.123 e. The van der Waals surface area contributed by atoms with Gasteiger partial charge in [0.25, 0.3) is 0 Å². The average Bonchev–Trinajstić information content (AvgIpc) is 2.29. The summed E-state index contributed by atoms with van der Waals surface area (Å²) in [5.74, 6) is 0.0627. The zero-order chi connectivity index (χ0) is 11.5. The Labute approximate surface area is 95.7 Å². The maximum absolute atomic E-state index is 13.1. The average molecular weight is 214 g/mol. The molecule has 82 valence electrons. The molecule has 0 heterocycles. The van der Waals surface area contributed by atoms with Gasteiger partial charge in [-0.3, -0.25) is 0 Å². The molecule has 0 aliphatic heterocycles. The smallest absolute Gasteiger partial charge is 0.123 e. The first kappa shape index (κ1) is 10.9. The predicted octanol–water partition coefficient (Wildman–Crippen LogP) is 4.29. The molecule has 2 rings (SSSR count). The van der Waals surface area contributed by atoms with Crippen LogP contribution in [0.15, 0.2) is 48.5 Å². The fourth-order valence-electron chi connectivity index (χ4n) is 1.82. The van der Waals surface area contributed by atoms with Crippen LogP contribution in [0, 0.1) is 12.7 Å². The summed E-state index contributed by atoms with van der Waals surface area (Å²) in [4.78, 5) is 0. The molecule has 1 heteroatoms. The number of halogens is 1. The Morgan fingerprint density at radius 2 is 1.62 bits per heavy atom. The van der Waals surface area contributed by atoms with Crippen LogP contribution in [0.4, 0.5) is 4.39 Å². The number of hydrogen-bond acceptors (Lipinski definition) is 0. The lowest BCUT2D eigenvalue weighted by atomic mass is 9.93. The van der Waals surface area contributed by atoms with E-state index >= 15 is 0 Å². The minimum Gasteiger partial charge on any atom is -0.207 e. The van der Waals surface area contributed by atoms with E-state index in [2.05, 4.69) is 38.1 Å². The molecule has 0 spiro atoms. The highest BCUT2D eigenvalue weighted by Gasteiger charge is 2.08. The van der Waals surface area contributed by atoms with Gasteiger partial charge in [-0.1, -0.05) is 48.9 Å². The van der Waals surface area contributed by atoms with Gasteiger partial charge >= 0.3 is 0 Å². The third-order valence-electron chi connectivity index (χ3n) is 2.93. The first-order valence-corrected chi connectivity index (χ1v) is 5.49. The molecule has 0 saturated heterocycles. The van der Waals surface area contributed by atoms with Gasteiger partial charge in [0.15, 0.2) is 0 Å². The largest absolute Gasteiger partial charge is 0.207 e. The molecule has 0 aromatic heterocycles. The Bertz CT molecular complexity index is 471. The van der Waals surface area contributed by atoms with Crippen LogP contribution in [0.5, 0.6) is 0 Å². The third kappa shape index (κ3) is 2.30. The van der Waals surface area contributed by atoms with Gasteiger partial charge in [-0.25, -0.2) is 4.39 Å². The van der Waals surface area contributed by atoms with Crippen LogP contribution < -0.4 is 0 Å². The van der Waals surface area contributed by atoms with Gasteiger partial charge in [0, 0.05) is 5.92 Å². The molecule has 1 unspecified atom stereocenters. The number of hydrogen-bond donors (Lipinski definition) is 0. The summed E-state index contributed by atoms with van der Waals surface area (Å²) in [5.41, 5.74) is 3.48. The Morgan fingerprint density at radius 3 is 2.25 bits per heavy atom. The lowest BCUT2D eigenvalue weighted by molar-refractivity contribution is 0.624. The molecule has 2 aromatic carbocycles. The van der Waals surface area contributed by atoms with Crippen molar-refractivity contribution in [3.8, 4) is 0 Å². The summed E-state index contributed by atoms with van der Waals surface area (Å²) in [6, 6.07) is 15.2. The molecule has 16 heavy (non-hydrogen) atoms. The summed E-state index contributed by atoms with van der Waals surface area (Å²) in [6.45, 7) is 4.16. The lowest BCUT2D eigenvalue weighted by Crippen LogP contribution is -1.96. The van der Waals surface area contributed by atoms with E-state index in [1.165, 1.54) is 17.2 Å². The summed E-state index contributed by atoms with van der Waals surface area (Å²) in [7, 11) is 0. The highest BCUT2D eigenvalue weighted by molar-refractivity contribution is 5.33. The Morgan fingerprint density at radius 1 is 0.938 bits per heavy atom. The minimum absolute atomic E-state index is 0.170. The minimum atomic E-state index is -0.170. The van der Waals surface area contributed by atoms with Crippen molar-refractivity contribution >= 4 is 0 Å². The van der Waals surface area contributed by atoms with Gasteiger partial charge in [0.05, 0.1) is 0 Å². The van der Waals surface area contributed by atoms with Crippen LogP contribution >= 0.6 is 0 Å². The molecule has 0 amide bonds. The van der Waals surface area contributed by atoms with Gasteiger partial charge < -0.3 is 0 Å². The van der Waals surface area contributed by atoms with E-state index in [0.717, 1.165) is 5.56 Å². The Hall–Kier alpha value is -1.63. The second kappa shape index (κ2) is 4.48. The predicted molar refractivity (Wildman–Crippen MR) is 65.1 cm³/mol. The zero-order valence-electron chi connectivity index (χ0n) is 9.57. The molecule has 0 aliphatic carbocycles.